The zero-order valence-corrected chi connectivity index (χ0v) is 10.0. The number of rotatable bonds is 3. The maximum atomic E-state index is 11.8. The molecule has 3 amide bonds. The molecule has 0 bridgehead atoms. The van der Waals surface area contributed by atoms with Gasteiger partial charge in [0.1, 0.15) is 0 Å². The Hall–Kier alpha value is -1.26. The van der Waals surface area contributed by atoms with Crippen LogP contribution in [0.3, 0.4) is 0 Å². The summed E-state index contributed by atoms with van der Waals surface area (Å²) in [5.74, 6) is 0.312. The number of primary amides is 1. The van der Waals surface area contributed by atoms with Crippen molar-refractivity contribution in [2.24, 2.45) is 11.7 Å². The van der Waals surface area contributed by atoms with Gasteiger partial charge in [0.15, 0.2) is 0 Å². The van der Waals surface area contributed by atoms with Gasteiger partial charge in [-0.1, -0.05) is 6.92 Å². The molecule has 0 saturated carbocycles. The summed E-state index contributed by atoms with van der Waals surface area (Å²) in [5, 5.41) is 2.78. The van der Waals surface area contributed by atoms with E-state index < -0.39 is 0 Å². The number of hydrogen-bond donors (Lipinski definition) is 2. The predicted octanol–water partition coefficient (Wildman–Crippen LogP) is 0.692. The van der Waals surface area contributed by atoms with Gasteiger partial charge < -0.3 is 16.0 Å². The van der Waals surface area contributed by atoms with Crippen LogP contribution in [0.2, 0.25) is 0 Å². The third kappa shape index (κ3) is 4.08. The molecule has 5 nitrogen and oxygen atoms in total. The predicted molar refractivity (Wildman–Crippen MR) is 61.8 cm³/mol. The van der Waals surface area contributed by atoms with Crippen LogP contribution in [0.4, 0.5) is 4.79 Å². The Balaban J connectivity index is 2.32. The normalized spacial score (nSPS) is 19.2. The summed E-state index contributed by atoms with van der Waals surface area (Å²) < 4.78 is 0. The van der Waals surface area contributed by atoms with E-state index in [0.717, 1.165) is 25.9 Å². The van der Waals surface area contributed by atoms with E-state index in [-0.39, 0.29) is 24.4 Å². The second-order valence-corrected chi connectivity index (χ2v) is 4.69. The molecule has 3 N–H and O–H groups in total. The molecule has 92 valence electrons. The Morgan fingerprint density at radius 1 is 1.44 bits per heavy atom. The number of carbonyl (C=O) groups is 2. The molecule has 1 unspecified atom stereocenters. The summed E-state index contributed by atoms with van der Waals surface area (Å²) in [6.45, 7) is 5.59. The van der Waals surface area contributed by atoms with Gasteiger partial charge in [-0.3, -0.25) is 4.79 Å². The lowest BCUT2D eigenvalue weighted by Crippen LogP contribution is -2.47. The minimum Gasteiger partial charge on any atom is -0.370 e. The fraction of sp³-hybridized carbons (Fsp3) is 0.818. The highest BCUT2D eigenvalue weighted by Gasteiger charge is 2.21. The number of urea groups is 1. The summed E-state index contributed by atoms with van der Waals surface area (Å²) in [5.41, 5.74) is 5.06. The lowest BCUT2D eigenvalue weighted by atomic mass is 10.00. The molecule has 0 radical (unpaired) electrons. The van der Waals surface area contributed by atoms with Crippen molar-refractivity contribution in [1.82, 2.24) is 10.2 Å². The van der Waals surface area contributed by atoms with Crippen molar-refractivity contribution >= 4 is 11.9 Å². The van der Waals surface area contributed by atoms with Crippen LogP contribution in [-0.2, 0) is 4.79 Å². The molecule has 1 fully saturated rings. The van der Waals surface area contributed by atoms with Crippen LogP contribution in [0, 0.1) is 5.92 Å². The van der Waals surface area contributed by atoms with Crippen LogP contribution in [-0.4, -0.2) is 36.0 Å². The van der Waals surface area contributed by atoms with Crippen LogP contribution in [0.5, 0.6) is 0 Å². The molecule has 16 heavy (non-hydrogen) atoms. The number of piperidine rings is 1. The molecule has 1 aliphatic heterocycles. The SMILES string of the molecule is CC1CCN(C(=O)NC(C)CC(N)=O)CC1. The summed E-state index contributed by atoms with van der Waals surface area (Å²) >= 11 is 0. The summed E-state index contributed by atoms with van der Waals surface area (Å²) in [4.78, 5) is 24.2. The monoisotopic (exact) mass is 227 g/mol. The molecular formula is C11H21N3O2. The summed E-state index contributed by atoms with van der Waals surface area (Å²) in [6, 6.07) is -0.273. The van der Waals surface area contributed by atoms with Crippen molar-refractivity contribution in [3.05, 3.63) is 0 Å². The van der Waals surface area contributed by atoms with E-state index in [1.807, 2.05) is 0 Å². The lowest BCUT2D eigenvalue weighted by molar-refractivity contribution is -0.118. The van der Waals surface area contributed by atoms with Gasteiger partial charge in [0.25, 0.3) is 0 Å². The van der Waals surface area contributed by atoms with E-state index >= 15 is 0 Å². The number of nitrogens with two attached hydrogens (primary N) is 1. The smallest absolute Gasteiger partial charge is 0.317 e. The van der Waals surface area contributed by atoms with Crippen molar-refractivity contribution in [2.75, 3.05) is 13.1 Å². The molecule has 1 aliphatic rings. The first-order valence-electron chi connectivity index (χ1n) is 5.82. The maximum absolute atomic E-state index is 11.8. The van der Waals surface area contributed by atoms with Gasteiger partial charge in [0.2, 0.25) is 5.91 Å². The number of likely N-dealkylation sites (tertiary alicyclic amines) is 1. The van der Waals surface area contributed by atoms with Gasteiger partial charge in [-0.05, 0) is 25.7 Å². The van der Waals surface area contributed by atoms with Crippen LogP contribution < -0.4 is 11.1 Å². The first kappa shape index (κ1) is 12.8. The Morgan fingerprint density at radius 2 is 2.00 bits per heavy atom. The van der Waals surface area contributed by atoms with Crippen LogP contribution in [0.1, 0.15) is 33.1 Å². The highest BCUT2D eigenvalue weighted by atomic mass is 16.2. The number of carbonyl (C=O) groups excluding carboxylic acids is 2. The molecule has 0 aromatic heterocycles. The standard InChI is InChI=1S/C11H21N3O2/c1-8-3-5-14(6-4-8)11(16)13-9(2)7-10(12)15/h8-9H,3-7H2,1-2H3,(H2,12,15)(H,13,16). The highest BCUT2D eigenvalue weighted by Crippen LogP contribution is 2.15. The zero-order chi connectivity index (χ0) is 12.1. The summed E-state index contributed by atoms with van der Waals surface area (Å²) in [6.07, 6.45) is 2.30. The topological polar surface area (TPSA) is 75.4 Å². The molecule has 0 aliphatic carbocycles. The van der Waals surface area contributed by atoms with Gasteiger partial charge in [-0.25, -0.2) is 4.79 Å². The molecule has 0 aromatic carbocycles. The average molecular weight is 227 g/mol. The molecule has 0 spiro atoms. The largest absolute Gasteiger partial charge is 0.370 e. The third-order valence-electron chi connectivity index (χ3n) is 2.95. The summed E-state index contributed by atoms with van der Waals surface area (Å²) in [7, 11) is 0. The zero-order valence-electron chi connectivity index (χ0n) is 10.0. The van der Waals surface area contributed by atoms with Gasteiger partial charge in [0, 0.05) is 25.6 Å². The van der Waals surface area contributed by atoms with Crippen molar-refractivity contribution in [3.8, 4) is 0 Å². The van der Waals surface area contributed by atoms with Crippen molar-refractivity contribution in [2.45, 2.75) is 39.2 Å². The van der Waals surface area contributed by atoms with Gasteiger partial charge >= 0.3 is 6.03 Å². The lowest BCUT2D eigenvalue weighted by Gasteiger charge is -2.31. The number of amides is 3. The van der Waals surface area contributed by atoms with Gasteiger partial charge in [-0.2, -0.15) is 0 Å². The Morgan fingerprint density at radius 3 is 2.50 bits per heavy atom. The van der Waals surface area contributed by atoms with E-state index in [4.69, 9.17) is 5.73 Å². The second kappa shape index (κ2) is 5.72. The van der Waals surface area contributed by atoms with E-state index in [1.54, 1.807) is 11.8 Å². The van der Waals surface area contributed by atoms with Crippen molar-refractivity contribution in [3.63, 3.8) is 0 Å². The number of nitrogens with one attached hydrogen (secondary N) is 1. The minimum absolute atomic E-state index is 0.0827. The van der Waals surface area contributed by atoms with Crippen molar-refractivity contribution < 1.29 is 9.59 Å². The Bertz CT molecular complexity index is 260. The van der Waals surface area contributed by atoms with Gasteiger partial charge in [0.05, 0.1) is 0 Å². The van der Waals surface area contributed by atoms with Gasteiger partial charge in [-0.15, -0.1) is 0 Å². The molecular weight excluding hydrogens is 206 g/mol. The maximum Gasteiger partial charge on any atom is 0.317 e. The fourth-order valence-electron chi connectivity index (χ4n) is 1.87. The number of hydrogen-bond acceptors (Lipinski definition) is 2. The van der Waals surface area contributed by atoms with E-state index in [2.05, 4.69) is 12.2 Å². The van der Waals surface area contributed by atoms with E-state index in [9.17, 15) is 9.59 Å². The van der Waals surface area contributed by atoms with Crippen LogP contribution >= 0.6 is 0 Å². The third-order valence-corrected chi connectivity index (χ3v) is 2.95. The molecule has 1 atom stereocenters. The van der Waals surface area contributed by atoms with E-state index in [0.29, 0.717) is 5.92 Å². The fourth-order valence-corrected chi connectivity index (χ4v) is 1.87. The first-order valence-corrected chi connectivity index (χ1v) is 5.82. The Kier molecular flexibility index (Phi) is 4.58. The number of nitrogens with zero attached hydrogens (tertiary/aromatic N) is 1. The second-order valence-electron chi connectivity index (χ2n) is 4.69. The molecule has 1 heterocycles. The molecule has 5 heteroatoms. The molecule has 0 aromatic rings. The first-order chi connectivity index (χ1) is 7.49. The van der Waals surface area contributed by atoms with Crippen LogP contribution in [0.25, 0.3) is 0 Å². The quantitative estimate of drug-likeness (QED) is 0.744. The minimum atomic E-state index is -0.389. The molecule has 1 rings (SSSR count). The average Bonchev–Trinajstić information content (AvgIpc) is 2.16. The van der Waals surface area contributed by atoms with Crippen molar-refractivity contribution in [1.29, 1.82) is 0 Å². The van der Waals surface area contributed by atoms with E-state index in [1.165, 1.54) is 0 Å². The Labute approximate surface area is 96.4 Å². The highest BCUT2D eigenvalue weighted by molar-refractivity contribution is 5.77. The molecule has 1 saturated heterocycles. The van der Waals surface area contributed by atoms with Crippen LogP contribution in [0.15, 0.2) is 0 Å².